The average molecular weight is 519 g/mol. The van der Waals surface area contributed by atoms with Crippen molar-refractivity contribution in [2.24, 2.45) is 0 Å². The summed E-state index contributed by atoms with van der Waals surface area (Å²) in [5.41, 5.74) is 4.30. The van der Waals surface area contributed by atoms with Gasteiger partial charge in [0.2, 0.25) is 0 Å². The molecule has 7 heteroatoms. The Morgan fingerprint density at radius 3 is 2.38 bits per heavy atom. The van der Waals surface area contributed by atoms with Crippen LogP contribution in [0.25, 0.3) is 0 Å². The van der Waals surface area contributed by atoms with E-state index in [1.165, 1.54) is 0 Å². The molecule has 2 aliphatic rings. The third kappa shape index (κ3) is 4.91. The molecular weight excluding hydrogens is 493 g/mol. The minimum Gasteiger partial charge on any atom is -0.459 e. The molecule has 1 aliphatic heterocycles. The number of nitrogens with one attached hydrogen (secondary N) is 1. The van der Waals surface area contributed by atoms with Crippen molar-refractivity contribution in [3.63, 3.8) is 0 Å². The summed E-state index contributed by atoms with van der Waals surface area (Å²) in [6.07, 6.45) is 1.44. The molecule has 0 spiro atoms. The SMILES string of the molecule is CC[C@H](C)OC(=O)C1=C(C)NC2=C(C(=O)C[C@@H](c3ccc(Cl)cc3)C2)[C@H]1c1ccc(Cl)c(Cl)c1. The first-order valence-corrected chi connectivity index (χ1v) is 12.5. The Bertz CT molecular complexity index is 1200. The van der Waals surface area contributed by atoms with Crippen molar-refractivity contribution in [1.82, 2.24) is 5.32 Å². The lowest BCUT2D eigenvalue weighted by Crippen LogP contribution is -2.36. The highest BCUT2D eigenvalue weighted by molar-refractivity contribution is 6.42. The monoisotopic (exact) mass is 517 g/mol. The zero-order valence-corrected chi connectivity index (χ0v) is 21.5. The largest absolute Gasteiger partial charge is 0.459 e. The number of benzene rings is 2. The van der Waals surface area contributed by atoms with Crippen molar-refractivity contribution in [1.29, 1.82) is 0 Å². The van der Waals surface area contributed by atoms with Crippen molar-refractivity contribution < 1.29 is 14.3 Å². The molecule has 1 aliphatic carbocycles. The number of dihydropyridines is 1. The van der Waals surface area contributed by atoms with Crippen LogP contribution in [0.5, 0.6) is 0 Å². The van der Waals surface area contributed by atoms with E-state index in [1.807, 2.05) is 51.1 Å². The number of halogens is 3. The van der Waals surface area contributed by atoms with Gasteiger partial charge in [-0.05, 0) is 68.0 Å². The van der Waals surface area contributed by atoms with E-state index in [1.54, 1.807) is 12.1 Å². The summed E-state index contributed by atoms with van der Waals surface area (Å²) in [6, 6.07) is 12.8. The second kappa shape index (κ2) is 10.2. The Labute approximate surface area is 214 Å². The van der Waals surface area contributed by atoms with Crippen LogP contribution in [0, 0.1) is 0 Å². The minimum absolute atomic E-state index is 0.00823. The first kappa shape index (κ1) is 24.8. The molecule has 0 saturated carbocycles. The molecule has 34 heavy (non-hydrogen) atoms. The lowest BCUT2D eigenvalue weighted by Gasteiger charge is -2.37. The van der Waals surface area contributed by atoms with Gasteiger partial charge in [0.1, 0.15) is 0 Å². The van der Waals surface area contributed by atoms with Crippen LogP contribution in [0.1, 0.15) is 63.0 Å². The third-order valence-electron chi connectivity index (χ3n) is 6.55. The minimum atomic E-state index is -0.582. The van der Waals surface area contributed by atoms with E-state index in [0.717, 1.165) is 16.8 Å². The van der Waals surface area contributed by atoms with Crippen LogP contribution in [-0.4, -0.2) is 17.9 Å². The van der Waals surface area contributed by atoms with Crippen molar-refractivity contribution in [3.8, 4) is 0 Å². The molecule has 0 amide bonds. The third-order valence-corrected chi connectivity index (χ3v) is 7.54. The van der Waals surface area contributed by atoms with E-state index in [2.05, 4.69) is 5.32 Å². The lowest BCUT2D eigenvalue weighted by molar-refractivity contribution is -0.144. The van der Waals surface area contributed by atoms with Gasteiger partial charge in [-0.15, -0.1) is 0 Å². The maximum atomic E-state index is 13.6. The van der Waals surface area contributed by atoms with E-state index in [4.69, 9.17) is 39.5 Å². The molecule has 4 nitrogen and oxygen atoms in total. The molecule has 0 radical (unpaired) electrons. The number of rotatable bonds is 5. The van der Waals surface area contributed by atoms with Gasteiger partial charge in [-0.3, -0.25) is 4.79 Å². The van der Waals surface area contributed by atoms with Crippen LogP contribution >= 0.6 is 34.8 Å². The second-order valence-corrected chi connectivity index (χ2v) is 10.1. The number of hydrogen-bond acceptors (Lipinski definition) is 4. The molecule has 0 fully saturated rings. The summed E-state index contributed by atoms with van der Waals surface area (Å²) in [5, 5.41) is 4.80. The molecule has 1 heterocycles. The predicted octanol–water partition coefficient (Wildman–Crippen LogP) is 7.35. The first-order valence-electron chi connectivity index (χ1n) is 11.3. The fourth-order valence-corrected chi connectivity index (χ4v) is 5.07. The number of carbonyl (C=O) groups is 2. The van der Waals surface area contributed by atoms with E-state index in [-0.39, 0.29) is 17.8 Å². The molecule has 178 valence electrons. The normalized spacial score (nSPS) is 21.2. The number of hydrogen-bond donors (Lipinski definition) is 1. The molecule has 0 bridgehead atoms. The molecule has 4 rings (SSSR count). The van der Waals surface area contributed by atoms with Gasteiger partial charge in [-0.1, -0.05) is 59.9 Å². The zero-order chi connectivity index (χ0) is 24.6. The van der Waals surface area contributed by atoms with Crippen LogP contribution in [0.4, 0.5) is 0 Å². The maximum absolute atomic E-state index is 13.6. The van der Waals surface area contributed by atoms with E-state index in [0.29, 0.717) is 51.2 Å². The van der Waals surface area contributed by atoms with Gasteiger partial charge in [0.15, 0.2) is 5.78 Å². The van der Waals surface area contributed by atoms with Crippen molar-refractivity contribution in [2.75, 3.05) is 0 Å². The molecular formula is C27H26Cl3NO3. The smallest absolute Gasteiger partial charge is 0.337 e. The molecule has 1 N–H and O–H groups in total. The van der Waals surface area contributed by atoms with Crippen LogP contribution in [0.15, 0.2) is 65.0 Å². The Hall–Kier alpha value is -2.27. The highest BCUT2D eigenvalue weighted by Crippen LogP contribution is 2.46. The molecule has 3 atom stereocenters. The highest BCUT2D eigenvalue weighted by atomic mass is 35.5. The van der Waals surface area contributed by atoms with E-state index < -0.39 is 11.9 Å². The number of carbonyl (C=O) groups excluding carboxylic acids is 2. The van der Waals surface area contributed by atoms with Crippen LogP contribution in [0.2, 0.25) is 15.1 Å². The van der Waals surface area contributed by atoms with Gasteiger partial charge >= 0.3 is 5.97 Å². The summed E-state index contributed by atoms with van der Waals surface area (Å²) < 4.78 is 5.69. The second-order valence-electron chi connectivity index (χ2n) is 8.87. The van der Waals surface area contributed by atoms with Gasteiger partial charge < -0.3 is 10.1 Å². The Kier molecular flexibility index (Phi) is 7.42. The number of esters is 1. The fourth-order valence-electron chi connectivity index (χ4n) is 4.64. The van der Waals surface area contributed by atoms with Crippen molar-refractivity contribution in [2.45, 2.75) is 58.0 Å². The lowest BCUT2D eigenvalue weighted by atomic mass is 9.71. The molecule has 2 aromatic rings. The first-order chi connectivity index (χ1) is 16.2. The Morgan fingerprint density at radius 1 is 1.06 bits per heavy atom. The summed E-state index contributed by atoms with van der Waals surface area (Å²) in [7, 11) is 0. The Balaban J connectivity index is 1.79. The Morgan fingerprint density at radius 2 is 1.74 bits per heavy atom. The van der Waals surface area contributed by atoms with Crippen molar-refractivity contribution in [3.05, 3.63) is 91.2 Å². The van der Waals surface area contributed by atoms with Crippen LogP contribution in [0.3, 0.4) is 0 Å². The highest BCUT2D eigenvalue weighted by Gasteiger charge is 2.41. The number of ketones is 1. The topological polar surface area (TPSA) is 55.4 Å². The summed E-state index contributed by atoms with van der Waals surface area (Å²) in [6.45, 7) is 5.65. The molecule has 0 saturated heterocycles. The molecule has 0 aromatic heterocycles. The van der Waals surface area contributed by atoms with Gasteiger partial charge in [-0.25, -0.2) is 4.79 Å². The number of allylic oxidation sites excluding steroid dienone is 3. The maximum Gasteiger partial charge on any atom is 0.337 e. The standard InChI is InChI=1S/C27H26Cl3NO3/c1-4-14(2)34-27(33)24-15(3)31-22-12-18(16-5-8-19(28)9-6-16)13-23(32)26(22)25(24)17-7-10-20(29)21(30)11-17/h5-11,14,18,25,31H,4,12-13H2,1-3H3/t14-,18-,25-/m0/s1. The number of ether oxygens (including phenoxy) is 1. The quantitative estimate of drug-likeness (QED) is 0.420. The van der Waals surface area contributed by atoms with Gasteiger partial charge in [0.05, 0.1) is 21.7 Å². The fraction of sp³-hybridized carbons (Fsp3) is 0.333. The summed E-state index contributed by atoms with van der Waals surface area (Å²) >= 11 is 18.6. The van der Waals surface area contributed by atoms with E-state index in [9.17, 15) is 9.59 Å². The zero-order valence-electron chi connectivity index (χ0n) is 19.3. The summed E-state index contributed by atoms with van der Waals surface area (Å²) in [5.74, 6) is -1.01. The molecule has 2 aromatic carbocycles. The van der Waals surface area contributed by atoms with Crippen LogP contribution < -0.4 is 5.32 Å². The van der Waals surface area contributed by atoms with Crippen LogP contribution in [-0.2, 0) is 14.3 Å². The average Bonchev–Trinajstić information content (AvgIpc) is 2.80. The van der Waals surface area contributed by atoms with E-state index >= 15 is 0 Å². The molecule has 0 unspecified atom stereocenters. The van der Waals surface area contributed by atoms with Gasteiger partial charge in [-0.2, -0.15) is 0 Å². The predicted molar refractivity (Wildman–Crippen MR) is 136 cm³/mol. The summed E-state index contributed by atoms with van der Waals surface area (Å²) in [4.78, 5) is 26.9. The van der Waals surface area contributed by atoms with Gasteiger partial charge in [0, 0.05) is 34.3 Å². The number of Topliss-reactive ketones (excluding diaryl/α,β-unsaturated/α-hetero) is 1. The van der Waals surface area contributed by atoms with Crippen molar-refractivity contribution >= 4 is 46.6 Å². The van der Waals surface area contributed by atoms with Gasteiger partial charge in [0.25, 0.3) is 0 Å².